The molecule has 0 saturated heterocycles. The molecule has 142 valence electrons. The van der Waals surface area contributed by atoms with E-state index in [1.807, 2.05) is 6.20 Å². The molecule has 27 heavy (non-hydrogen) atoms. The summed E-state index contributed by atoms with van der Waals surface area (Å²) in [6.07, 6.45) is 7.29. The van der Waals surface area contributed by atoms with Crippen LogP contribution in [0.15, 0.2) is 48.9 Å². The molecule has 3 atom stereocenters. The van der Waals surface area contributed by atoms with E-state index in [0.717, 1.165) is 13.0 Å². The molecule has 4 rings (SSSR count). The number of fused-ring (bicyclic) bond motifs is 3. The highest BCUT2D eigenvalue weighted by atomic mass is 16.5. The largest absolute Gasteiger partial charge is 0.478 e. The number of hydrogen-bond acceptors (Lipinski definition) is 4. The van der Waals surface area contributed by atoms with E-state index in [1.165, 1.54) is 23.2 Å². The summed E-state index contributed by atoms with van der Waals surface area (Å²) in [5.41, 5.74) is 4.20. The second-order valence-electron chi connectivity index (χ2n) is 6.65. The van der Waals surface area contributed by atoms with Gasteiger partial charge >= 0.3 is 11.9 Å². The molecule has 0 bridgehead atoms. The molecule has 0 aliphatic heterocycles. The van der Waals surface area contributed by atoms with Crippen LogP contribution in [0.1, 0.15) is 48.6 Å². The van der Waals surface area contributed by atoms with Crippen LogP contribution in [-0.2, 0) is 19.7 Å². The zero-order valence-electron chi connectivity index (χ0n) is 15.0. The van der Waals surface area contributed by atoms with Crippen LogP contribution in [0.25, 0.3) is 0 Å². The zero-order chi connectivity index (χ0) is 19.4. The summed E-state index contributed by atoms with van der Waals surface area (Å²) in [6, 6.07) is 8.73. The number of rotatable bonds is 6. The predicted molar refractivity (Wildman–Crippen MR) is 97.5 cm³/mol. The molecule has 7 heteroatoms. The Morgan fingerprint density at radius 2 is 1.93 bits per heavy atom. The molecule has 0 amide bonds. The minimum atomic E-state index is -1.26. The number of carboxylic acid groups (broad SMARTS) is 2. The fraction of sp³-hybridized carbons (Fsp3) is 0.350. The van der Waals surface area contributed by atoms with Gasteiger partial charge in [0.1, 0.15) is 0 Å². The number of benzene rings is 1. The molecule has 0 spiro atoms. The van der Waals surface area contributed by atoms with E-state index in [1.54, 1.807) is 6.33 Å². The van der Waals surface area contributed by atoms with E-state index in [9.17, 15) is 9.59 Å². The molecule has 2 aliphatic rings. The second kappa shape index (κ2) is 7.75. The average molecular weight is 370 g/mol. The van der Waals surface area contributed by atoms with Gasteiger partial charge in [-0.05, 0) is 29.9 Å². The number of nitrogens with zero attached hydrogens (tertiary/aromatic N) is 1. The molecule has 1 aromatic heterocycles. The minimum Gasteiger partial charge on any atom is -0.478 e. The van der Waals surface area contributed by atoms with Crippen LogP contribution in [0.3, 0.4) is 0 Å². The average Bonchev–Trinajstić information content (AvgIpc) is 3.03. The fourth-order valence-electron chi connectivity index (χ4n) is 3.87. The molecular weight excluding hydrogens is 348 g/mol. The molecule has 0 radical (unpaired) electrons. The highest BCUT2D eigenvalue weighted by Gasteiger charge is 2.67. The lowest BCUT2D eigenvalue weighted by Gasteiger charge is -2.23. The van der Waals surface area contributed by atoms with E-state index in [2.05, 4.69) is 41.2 Å². The quantitative estimate of drug-likeness (QED) is 0.674. The third-order valence-electron chi connectivity index (χ3n) is 4.98. The van der Waals surface area contributed by atoms with Gasteiger partial charge in [0, 0.05) is 36.1 Å². The topological polar surface area (TPSA) is 113 Å². The summed E-state index contributed by atoms with van der Waals surface area (Å²) in [5.74, 6) is -1.91. The van der Waals surface area contributed by atoms with Gasteiger partial charge in [0.15, 0.2) is 0 Å². The molecule has 7 nitrogen and oxygen atoms in total. The molecule has 2 aliphatic carbocycles. The lowest BCUT2D eigenvalue weighted by molar-refractivity contribution is -0.134. The molecule has 0 unspecified atom stereocenters. The first kappa shape index (κ1) is 18.8. The lowest BCUT2D eigenvalue weighted by Crippen LogP contribution is -2.20. The van der Waals surface area contributed by atoms with E-state index in [-0.39, 0.29) is 11.5 Å². The van der Waals surface area contributed by atoms with Crippen molar-refractivity contribution in [3.63, 3.8) is 0 Å². The van der Waals surface area contributed by atoms with Gasteiger partial charge in [0.25, 0.3) is 0 Å². The number of aromatic amines is 1. The van der Waals surface area contributed by atoms with Crippen molar-refractivity contribution < 1.29 is 24.5 Å². The van der Waals surface area contributed by atoms with Crippen LogP contribution in [0.2, 0.25) is 0 Å². The SMILES string of the molecule is CCCO[C@H]1c2ccccc2[C@H]2C[C@]21c1cnc[nH]1.O=C(O)/C=C/C(=O)O. The number of imidazole rings is 1. The summed E-state index contributed by atoms with van der Waals surface area (Å²) >= 11 is 0. The predicted octanol–water partition coefficient (Wildman–Crippen LogP) is 3.03. The van der Waals surface area contributed by atoms with Gasteiger partial charge in [-0.3, -0.25) is 0 Å². The van der Waals surface area contributed by atoms with Crippen molar-refractivity contribution in [3.05, 3.63) is 65.8 Å². The van der Waals surface area contributed by atoms with Crippen LogP contribution in [0.5, 0.6) is 0 Å². The van der Waals surface area contributed by atoms with Gasteiger partial charge in [-0.25, -0.2) is 14.6 Å². The van der Waals surface area contributed by atoms with Crippen LogP contribution in [0.4, 0.5) is 0 Å². The van der Waals surface area contributed by atoms with Gasteiger partial charge in [-0.1, -0.05) is 31.2 Å². The zero-order valence-corrected chi connectivity index (χ0v) is 15.0. The normalized spacial score (nSPS) is 24.6. The molecular formula is C20H22N2O5. The number of nitrogens with one attached hydrogen (secondary N) is 1. The molecule has 3 N–H and O–H groups in total. The third kappa shape index (κ3) is 3.64. The van der Waals surface area contributed by atoms with Crippen molar-refractivity contribution in [2.45, 2.75) is 37.2 Å². The first-order valence-electron chi connectivity index (χ1n) is 8.84. The Kier molecular flexibility index (Phi) is 5.41. The van der Waals surface area contributed by atoms with Crippen LogP contribution in [-0.4, -0.2) is 38.7 Å². The number of aliphatic carboxylic acids is 2. The van der Waals surface area contributed by atoms with Gasteiger partial charge in [0.2, 0.25) is 0 Å². The molecule has 1 heterocycles. The smallest absolute Gasteiger partial charge is 0.328 e. The summed E-state index contributed by atoms with van der Waals surface area (Å²) < 4.78 is 6.21. The third-order valence-corrected chi connectivity index (χ3v) is 4.98. The van der Waals surface area contributed by atoms with E-state index in [0.29, 0.717) is 18.1 Å². The van der Waals surface area contributed by atoms with E-state index >= 15 is 0 Å². The highest BCUT2D eigenvalue weighted by molar-refractivity contribution is 5.89. The van der Waals surface area contributed by atoms with Crippen molar-refractivity contribution in [3.8, 4) is 0 Å². The molecule has 2 aromatic rings. The number of aromatic nitrogens is 2. The second-order valence-corrected chi connectivity index (χ2v) is 6.65. The highest BCUT2D eigenvalue weighted by Crippen LogP contribution is 2.72. The maximum absolute atomic E-state index is 9.55. The van der Waals surface area contributed by atoms with E-state index in [4.69, 9.17) is 14.9 Å². The van der Waals surface area contributed by atoms with Crippen molar-refractivity contribution >= 4 is 11.9 Å². The van der Waals surface area contributed by atoms with Gasteiger partial charge in [-0.15, -0.1) is 0 Å². The number of hydrogen-bond donors (Lipinski definition) is 3. The Morgan fingerprint density at radius 3 is 2.48 bits per heavy atom. The number of ether oxygens (including phenoxy) is 1. The minimum absolute atomic E-state index is 0.120. The van der Waals surface area contributed by atoms with Gasteiger partial charge in [-0.2, -0.15) is 0 Å². The summed E-state index contributed by atoms with van der Waals surface area (Å²) in [4.78, 5) is 26.6. The first-order chi connectivity index (χ1) is 13.0. The van der Waals surface area contributed by atoms with Crippen molar-refractivity contribution in [2.75, 3.05) is 6.61 Å². The molecule has 1 aromatic carbocycles. The Bertz CT molecular complexity index is 830. The van der Waals surface area contributed by atoms with Crippen molar-refractivity contribution in [1.29, 1.82) is 0 Å². The van der Waals surface area contributed by atoms with E-state index < -0.39 is 11.9 Å². The molecule has 1 saturated carbocycles. The number of carboxylic acids is 2. The Hall–Kier alpha value is -2.93. The number of carbonyl (C=O) groups is 2. The maximum Gasteiger partial charge on any atom is 0.328 e. The number of H-pyrrole nitrogens is 1. The van der Waals surface area contributed by atoms with Crippen molar-refractivity contribution in [2.24, 2.45) is 0 Å². The standard InChI is InChI=1S/C16H18N2O.C4H4O4/c1-2-7-19-15-12-6-4-3-5-11(12)13-8-16(13,15)14-9-17-10-18-14;5-3(6)1-2-4(7)8/h3-6,9-10,13,15H,2,7-8H2,1H3,(H,17,18);1-2H,(H,5,6)(H,7,8)/b;2-1+/t13-,15+,16-;/m1./s1. The Labute approximate surface area is 156 Å². The Morgan fingerprint density at radius 1 is 1.26 bits per heavy atom. The Balaban J connectivity index is 0.000000226. The summed E-state index contributed by atoms with van der Waals surface area (Å²) in [7, 11) is 0. The van der Waals surface area contributed by atoms with Gasteiger partial charge in [0.05, 0.1) is 12.4 Å². The van der Waals surface area contributed by atoms with Crippen LogP contribution >= 0.6 is 0 Å². The van der Waals surface area contributed by atoms with Crippen LogP contribution in [0, 0.1) is 0 Å². The van der Waals surface area contributed by atoms with Crippen molar-refractivity contribution in [1.82, 2.24) is 9.97 Å². The van der Waals surface area contributed by atoms with Crippen LogP contribution < -0.4 is 0 Å². The summed E-state index contributed by atoms with van der Waals surface area (Å²) in [6.45, 7) is 2.98. The fourth-order valence-corrected chi connectivity index (χ4v) is 3.87. The maximum atomic E-state index is 9.55. The molecule has 1 fully saturated rings. The summed E-state index contributed by atoms with van der Waals surface area (Å²) in [5, 5.41) is 15.6. The monoisotopic (exact) mass is 370 g/mol. The lowest BCUT2D eigenvalue weighted by atomic mass is 9.94. The first-order valence-corrected chi connectivity index (χ1v) is 8.84. The van der Waals surface area contributed by atoms with Gasteiger partial charge < -0.3 is 19.9 Å².